The summed E-state index contributed by atoms with van der Waals surface area (Å²) in [5.74, 6) is 0.368. The topological polar surface area (TPSA) is 129 Å². The van der Waals surface area contributed by atoms with Crippen LogP contribution in [0.1, 0.15) is 24.2 Å². The van der Waals surface area contributed by atoms with Crippen molar-refractivity contribution in [3.63, 3.8) is 0 Å². The Labute approximate surface area is 150 Å². The Balaban J connectivity index is 1.48. The summed E-state index contributed by atoms with van der Waals surface area (Å²) >= 11 is 0. The number of aromatic amines is 1. The van der Waals surface area contributed by atoms with E-state index < -0.39 is 6.04 Å². The third-order valence-corrected chi connectivity index (χ3v) is 4.22. The van der Waals surface area contributed by atoms with E-state index in [1.165, 1.54) is 0 Å². The van der Waals surface area contributed by atoms with Gasteiger partial charge < -0.3 is 10.6 Å². The van der Waals surface area contributed by atoms with Crippen molar-refractivity contribution in [1.29, 1.82) is 0 Å². The zero-order chi connectivity index (χ0) is 18.2. The van der Waals surface area contributed by atoms with Crippen LogP contribution >= 0.6 is 0 Å². The normalized spacial score (nSPS) is 17.7. The van der Waals surface area contributed by atoms with Crippen LogP contribution in [0.4, 0.5) is 0 Å². The SMILES string of the molecule is O=C(C[C@H]1C(=O)NCCN1Cc1cccnc1)NCCCc1nn[nH]n1. The molecule has 1 aliphatic rings. The maximum absolute atomic E-state index is 12.2. The number of H-pyrrole nitrogens is 1. The van der Waals surface area contributed by atoms with E-state index >= 15 is 0 Å². The fourth-order valence-corrected chi connectivity index (χ4v) is 2.91. The first-order valence-corrected chi connectivity index (χ1v) is 8.62. The molecule has 1 atom stereocenters. The molecule has 10 nitrogen and oxygen atoms in total. The number of aryl methyl sites for hydroxylation is 1. The molecule has 0 unspecified atom stereocenters. The Kier molecular flexibility index (Phi) is 6.20. The highest BCUT2D eigenvalue weighted by molar-refractivity contribution is 5.88. The van der Waals surface area contributed by atoms with Gasteiger partial charge in [0.25, 0.3) is 0 Å². The van der Waals surface area contributed by atoms with Gasteiger partial charge in [0.2, 0.25) is 11.8 Å². The number of amides is 2. The zero-order valence-corrected chi connectivity index (χ0v) is 14.4. The van der Waals surface area contributed by atoms with Gasteiger partial charge in [-0.3, -0.25) is 19.5 Å². The first kappa shape index (κ1) is 17.9. The van der Waals surface area contributed by atoms with Gasteiger partial charge in [-0.1, -0.05) is 11.3 Å². The highest BCUT2D eigenvalue weighted by atomic mass is 16.2. The van der Waals surface area contributed by atoms with E-state index in [1.807, 2.05) is 17.0 Å². The van der Waals surface area contributed by atoms with E-state index in [4.69, 9.17) is 0 Å². The van der Waals surface area contributed by atoms with Gasteiger partial charge in [-0.25, -0.2) is 0 Å². The van der Waals surface area contributed by atoms with Crippen molar-refractivity contribution in [2.75, 3.05) is 19.6 Å². The monoisotopic (exact) mass is 358 g/mol. The molecule has 2 aromatic rings. The standard InChI is InChI=1S/C16H22N8O2/c25-15(18-6-2-4-14-20-22-23-21-14)9-13-16(26)19-7-8-24(13)11-12-3-1-5-17-10-12/h1,3,5,10,13H,2,4,6-9,11H2,(H,18,25)(H,19,26)(H,20,21,22,23)/t13-/m0/s1. The molecule has 1 saturated heterocycles. The number of hydrogen-bond donors (Lipinski definition) is 3. The number of aromatic nitrogens is 5. The van der Waals surface area contributed by atoms with Crippen LogP contribution in [0.2, 0.25) is 0 Å². The van der Waals surface area contributed by atoms with E-state index in [1.54, 1.807) is 12.4 Å². The van der Waals surface area contributed by atoms with Gasteiger partial charge in [0.1, 0.15) is 0 Å². The van der Waals surface area contributed by atoms with Crippen molar-refractivity contribution in [3.8, 4) is 0 Å². The third-order valence-electron chi connectivity index (χ3n) is 4.22. The van der Waals surface area contributed by atoms with Gasteiger partial charge >= 0.3 is 0 Å². The molecule has 0 radical (unpaired) electrons. The van der Waals surface area contributed by atoms with Crippen LogP contribution in [-0.2, 0) is 22.6 Å². The summed E-state index contributed by atoms with van der Waals surface area (Å²) < 4.78 is 0. The molecule has 3 N–H and O–H groups in total. The van der Waals surface area contributed by atoms with Crippen molar-refractivity contribution < 1.29 is 9.59 Å². The zero-order valence-electron chi connectivity index (χ0n) is 14.4. The van der Waals surface area contributed by atoms with Crippen LogP contribution in [0.15, 0.2) is 24.5 Å². The smallest absolute Gasteiger partial charge is 0.237 e. The lowest BCUT2D eigenvalue weighted by atomic mass is 10.1. The Morgan fingerprint density at radius 3 is 3.12 bits per heavy atom. The van der Waals surface area contributed by atoms with Gasteiger partial charge in [-0.2, -0.15) is 5.21 Å². The van der Waals surface area contributed by atoms with Gasteiger partial charge in [0.15, 0.2) is 5.82 Å². The van der Waals surface area contributed by atoms with E-state index in [0.717, 1.165) is 5.56 Å². The lowest BCUT2D eigenvalue weighted by molar-refractivity contribution is -0.134. The van der Waals surface area contributed by atoms with Crippen molar-refractivity contribution in [2.45, 2.75) is 31.8 Å². The van der Waals surface area contributed by atoms with Crippen LogP contribution in [0.5, 0.6) is 0 Å². The fourth-order valence-electron chi connectivity index (χ4n) is 2.91. The summed E-state index contributed by atoms with van der Waals surface area (Å²) in [6.07, 6.45) is 4.97. The minimum atomic E-state index is -0.471. The molecule has 2 aromatic heterocycles. The molecule has 26 heavy (non-hydrogen) atoms. The van der Waals surface area contributed by atoms with Crippen LogP contribution in [0.25, 0.3) is 0 Å². The lowest BCUT2D eigenvalue weighted by Crippen LogP contribution is -2.56. The van der Waals surface area contributed by atoms with E-state index in [0.29, 0.717) is 44.8 Å². The quantitative estimate of drug-likeness (QED) is 0.518. The Hall–Kier alpha value is -2.88. The van der Waals surface area contributed by atoms with Gasteiger partial charge in [0, 0.05) is 45.0 Å². The lowest BCUT2D eigenvalue weighted by Gasteiger charge is -2.34. The predicted octanol–water partition coefficient (Wildman–Crippen LogP) is -0.966. The van der Waals surface area contributed by atoms with E-state index in [9.17, 15) is 9.59 Å². The third kappa shape index (κ3) is 5.06. The second-order valence-electron chi connectivity index (χ2n) is 6.12. The molecule has 3 rings (SSSR count). The number of nitrogens with zero attached hydrogens (tertiary/aromatic N) is 5. The molecule has 138 valence electrons. The summed E-state index contributed by atoms with van der Waals surface area (Å²) in [6.45, 7) is 2.39. The molecule has 0 saturated carbocycles. The minimum Gasteiger partial charge on any atom is -0.356 e. The first-order chi connectivity index (χ1) is 12.7. The fraction of sp³-hybridized carbons (Fsp3) is 0.500. The summed E-state index contributed by atoms with van der Waals surface area (Å²) in [4.78, 5) is 30.6. The molecule has 1 aliphatic heterocycles. The molecule has 3 heterocycles. The Morgan fingerprint density at radius 1 is 1.42 bits per heavy atom. The van der Waals surface area contributed by atoms with Crippen molar-refractivity contribution in [2.24, 2.45) is 0 Å². The highest BCUT2D eigenvalue weighted by Gasteiger charge is 2.31. The number of carbonyl (C=O) groups is 2. The van der Waals surface area contributed by atoms with Crippen LogP contribution in [0.3, 0.4) is 0 Å². The molecule has 2 amide bonds. The Morgan fingerprint density at radius 2 is 2.35 bits per heavy atom. The molecular weight excluding hydrogens is 336 g/mol. The average molecular weight is 358 g/mol. The number of tetrazole rings is 1. The number of carbonyl (C=O) groups excluding carboxylic acids is 2. The van der Waals surface area contributed by atoms with E-state index in [-0.39, 0.29) is 18.2 Å². The minimum absolute atomic E-state index is 0.109. The summed E-state index contributed by atoms with van der Waals surface area (Å²) in [5.41, 5.74) is 1.02. The summed E-state index contributed by atoms with van der Waals surface area (Å²) in [6, 6.07) is 3.36. The van der Waals surface area contributed by atoms with Crippen LogP contribution in [0, 0.1) is 0 Å². The van der Waals surface area contributed by atoms with Crippen molar-refractivity contribution in [1.82, 2.24) is 41.1 Å². The van der Waals surface area contributed by atoms with Crippen molar-refractivity contribution >= 4 is 11.8 Å². The van der Waals surface area contributed by atoms with Gasteiger partial charge in [0.05, 0.1) is 12.5 Å². The van der Waals surface area contributed by atoms with E-state index in [2.05, 4.69) is 36.2 Å². The number of rotatable bonds is 8. The van der Waals surface area contributed by atoms with Gasteiger partial charge in [-0.15, -0.1) is 10.2 Å². The molecule has 10 heteroatoms. The largest absolute Gasteiger partial charge is 0.356 e. The molecule has 0 spiro atoms. The van der Waals surface area contributed by atoms with Gasteiger partial charge in [-0.05, 0) is 18.1 Å². The molecule has 0 aliphatic carbocycles. The number of pyridine rings is 1. The van der Waals surface area contributed by atoms with Crippen molar-refractivity contribution in [3.05, 3.63) is 35.9 Å². The summed E-state index contributed by atoms with van der Waals surface area (Å²) in [5, 5.41) is 19.3. The Bertz CT molecular complexity index is 706. The molecular formula is C16H22N8O2. The van der Waals surface area contributed by atoms with Crippen LogP contribution < -0.4 is 10.6 Å². The molecule has 0 aromatic carbocycles. The number of nitrogens with one attached hydrogen (secondary N) is 3. The highest BCUT2D eigenvalue weighted by Crippen LogP contribution is 2.13. The first-order valence-electron chi connectivity index (χ1n) is 8.62. The molecule has 1 fully saturated rings. The average Bonchev–Trinajstić information content (AvgIpc) is 3.16. The second kappa shape index (κ2) is 8.99. The molecule has 0 bridgehead atoms. The number of hydrogen-bond acceptors (Lipinski definition) is 7. The maximum Gasteiger partial charge on any atom is 0.237 e. The second-order valence-corrected chi connectivity index (χ2v) is 6.12. The number of piperazine rings is 1. The summed E-state index contributed by atoms with van der Waals surface area (Å²) in [7, 11) is 0. The predicted molar refractivity (Wildman–Crippen MR) is 91.6 cm³/mol. The van der Waals surface area contributed by atoms with Crippen LogP contribution in [-0.4, -0.2) is 68.0 Å². The maximum atomic E-state index is 12.2.